The molecule has 2 aliphatic heterocycles. The van der Waals surface area contributed by atoms with Crippen molar-refractivity contribution in [1.82, 2.24) is 9.80 Å². The largest absolute Gasteiger partial charge is 0.379 e. The molecule has 28 heavy (non-hydrogen) atoms. The van der Waals surface area contributed by atoms with E-state index in [-0.39, 0.29) is 5.78 Å². The van der Waals surface area contributed by atoms with Gasteiger partial charge in [-0.25, -0.2) is 0 Å². The zero-order chi connectivity index (χ0) is 19.2. The number of benzene rings is 2. The fourth-order valence-corrected chi connectivity index (χ4v) is 3.72. The second kappa shape index (κ2) is 9.43. The summed E-state index contributed by atoms with van der Waals surface area (Å²) in [5.74, 6) is 0.0795. The number of carbonyl (C=O) groups is 1. The van der Waals surface area contributed by atoms with Crippen LogP contribution in [0.25, 0.3) is 0 Å². The van der Waals surface area contributed by atoms with Crippen LogP contribution in [0.4, 0.5) is 0 Å². The Morgan fingerprint density at radius 1 is 0.643 bits per heavy atom. The molecule has 4 rings (SSSR count). The zero-order valence-electron chi connectivity index (χ0n) is 16.3. The molecule has 2 aromatic carbocycles. The van der Waals surface area contributed by atoms with Gasteiger partial charge in [0.15, 0.2) is 5.78 Å². The maximum atomic E-state index is 12.8. The Kier molecular flexibility index (Phi) is 6.49. The minimum Gasteiger partial charge on any atom is -0.379 e. The fourth-order valence-electron chi connectivity index (χ4n) is 3.72. The SMILES string of the molecule is O=C(c1ccc(CN2CCOCC2)cc1)c1ccc(CN2CCOCC2)cc1. The molecule has 0 amide bonds. The van der Waals surface area contributed by atoms with Crippen LogP contribution in [0, 0.1) is 0 Å². The maximum absolute atomic E-state index is 12.8. The third-order valence-corrected chi connectivity index (χ3v) is 5.45. The summed E-state index contributed by atoms with van der Waals surface area (Å²) >= 11 is 0. The van der Waals surface area contributed by atoms with E-state index in [9.17, 15) is 4.79 Å². The van der Waals surface area contributed by atoms with E-state index >= 15 is 0 Å². The van der Waals surface area contributed by atoms with Crippen molar-refractivity contribution in [2.75, 3.05) is 52.6 Å². The summed E-state index contributed by atoms with van der Waals surface area (Å²) in [4.78, 5) is 17.6. The monoisotopic (exact) mass is 380 g/mol. The molecule has 2 heterocycles. The van der Waals surface area contributed by atoms with Crippen molar-refractivity contribution in [2.45, 2.75) is 13.1 Å². The second-order valence-electron chi connectivity index (χ2n) is 7.50. The van der Waals surface area contributed by atoms with E-state index in [0.29, 0.717) is 0 Å². The van der Waals surface area contributed by atoms with Gasteiger partial charge in [-0.15, -0.1) is 0 Å². The Balaban J connectivity index is 1.35. The Morgan fingerprint density at radius 2 is 1.00 bits per heavy atom. The summed E-state index contributed by atoms with van der Waals surface area (Å²) in [6.07, 6.45) is 0. The first kappa shape index (κ1) is 19.3. The van der Waals surface area contributed by atoms with E-state index in [1.165, 1.54) is 11.1 Å². The number of rotatable bonds is 6. The molecule has 0 saturated carbocycles. The van der Waals surface area contributed by atoms with Crippen LogP contribution < -0.4 is 0 Å². The molecule has 0 bridgehead atoms. The van der Waals surface area contributed by atoms with E-state index in [4.69, 9.17) is 9.47 Å². The number of morpholine rings is 2. The Labute approximate surface area is 166 Å². The average Bonchev–Trinajstić information content (AvgIpc) is 2.76. The number of hydrogen-bond donors (Lipinski definition) is 0. The molecule has 5 heteroatoms. The molecular formula is C23H28N2O3. The van der Waals surface area contributed by atoms with Gasteiger partial charge in [0.1, 0.15) is 0 Å². The lowest BCUT2D eigenvalue weighted by Gasteiger charge is -2.26. The highest BCUT2D eigenvalue weighted by Gasteiger charge is 2.14. The molecule has 0 radical (unpaired) electrons. The molecule has 0 aromatic heterocycles. The Morgan fingerprint density at radius 3 is 1.36 bits per heavy atom. The first-order chi connectivity index (χ1) is 13.8. The van der Waals surface area contributed by atoms with E-state index in [1.807, 2.05) is 24.3 Å². The van der Waals surface area contributed by atoms with E-state index in [1.54, 1.807) is 0 Å². The van der Waals surface area contributed by atoms with Crippen LogP contribution in [0.2, 0.25) is 0 Å². The molecule has 5 nitrogen and oxygen atoms in total. The molecule has 0 unspecified atom stereocenters. The van der Waals surface area contributed by atoms with Crippen LogP contribution in [0.15, 0.2) is 48.5 Å². The summed E-state index contributed by atoms with van der Waals surface area (Å²) in [5, 5.41) is 0. The van der Waals surface area contributed by atoms with E-state index in [2.05, 4.69) is 34.1 Å². The van der Waals surface area contributed by atoms with Crippen molar-refractivity contribution in [2.24, 2.45) is 0 Å². The van der Waals surface area contributed by atoms with Crippen LogP contribution in [-0.4, -0.2) is 68.2 Å². The molecule has 0 spiro atoms. The third-order valence-electron chi connectivity index (χ3n) is 5.45. The third kappa shape index (κ3) is 5.06. The highest BCUT2D eigenvalue weighted by molar-refractivity contribution is 6.08. The topological polar surface area (TPSA) is 42.0 Å². The maximum Gasteiger partial charge on any atom is 0.193 e. The van der Waals surface area contributed by atoms with Gasteiger partial charge in [-0.1, -0.05) is 48.5 Å². The summed E-state index contributed by atoms with van der Waals surface area (Å²) in [6, 6.07) is 16.0. The molecular weight excluding hydrogens is 352 g/mol. The van der Waals surface area contributed by atoms with Gasteiger partial charge in [0.25, 0.3) is 0 Å². The highest BCUT2D eigenvalue weighted by Crippen LogP contribution is 2.15. The van der Waals surface area contributed by atoms with Crippen molar-refractivity contribution < 1.29 is 14.3 Å². The Hall–Kier alpha value is -2.05. The van der Waals surface area contributed by atoms with Gasteiger partial charge in [0, 0.05) is 50.4 Å². The number of ether oxygens (including phenoxy) is 2. The van der Waals surface area contributed by atoms with Crippen molar-refractivity contribution >= 4 is 5.78 Å². The van der Waals surface area contributed by atoms with Gasteiger partial charge in [-0.3, -0.25) is 14.6 Å². The van der Waals surface area contributed by atoms with Crippen LogP contribution in [0.1, 0.15) is 27.0 Å². The molecule has 2 aromatic rings. The first-order valence-electron chi connectivity index (χ1n) is 10.1. The molecule has 0 N–H and O–H groups in total. The minimum absolute atomic E-state index is 0.0795. The standard InChI is InChI=1S/C23H28N2O3/c26-23(21-5-1-19(2-6-21)17-24-9-13-27-14-10-24)22-7-3-20(4-8-22)18-25-11-15-28-16-12-25/h1-8H,9-18H2. The average molecular weight is 380 g/mol. The molecule has 2 aliphatic rings. The van der Waals surface area contributed by atoms with Crippen molar-refractivity contribution in [3.8, 4) is 0 Å². The minimum atomic E-state index is 0.0795. The zero-order valence-corrected chi connectivity index (χ0v) is 16.3. The highest BCUT2D eigenvalue weighted by atomic mass is 16.5. The summed E-state index contributed by atoms with van der Waals surface area (Å²) in [5.41, 5.74) is 3.96. The summed E-state index contributed by atoms with van der Waals surface area (Å²) in [6.45, 7) is 8.92. The quantitative estimate of drug-likeness (QED) is 0.721. The normalized spacial score (nSPS) is 18.9. The predicted octanol–water partition coefficient (Wildman–Crippen LogP) is 2.58. The van der Waals surface area contributed by atoms with E-state index < -0.39 is 0 Å². The lowest BCUT2D eigenvalue weighted by molar-refractivity contribution is 0.0341. The van der Waals surface area contributed by atoms with Crippen molar-refractivity contribution in [1.29, 1.82) is 0 Å². The van der Waals surface area contributed by atoms with Gasteiger partial charge in [-0.2, -0.15) is 0 Å². The van der Waals surface area contributed by atoms with Crippen LogP contribution >= 0.6 is 0 Å². The number of carbonyl (C=O) groups excluding carboxylic acids is 1. The smallest absolute Gasteiger partial charge is 0.193 e. The fraction of sp³-hybridized carbons (Fsp3) is 0.435. The van der Waals surface area contributed by atoms with Crippen LogP contribution in [0.5, 0.6) is 0 Å². The van der Waals surface area contributed by atoms with Crippen LogP contribution in [-0.2, 0) is 22.6 Å². The molecule has 2 fully saturated rings. The number of nitrogens with zero attached hydrogens (tertiary/aromatic N) is 2. The molecule has 0 aliphatic carbocycles. The predicted molar refractivity (Wildman–Crippen MR) is 109 cm³/mol. The van der Waals surface area contributed by atoms with Gasteiger partial charge < -0.3 is 9.47 Å². The van der Waals surface area contributed by atoms with Crippen molar-refractivity contribution in [3.63, 3.8) is 0 Å². The Bertz CT molecular complexity index is 696. The molecule has 148 valence electrons. The first-order valence-corrected chi connectivity index (χ1v) is 10.1. The number of hydrogen-bond acceptors (Lipinski definition) is 5. The number of ketones is 1. The summed E-state index contributed by atoms with van der Waals surface area (Å²) in [7, 11) is 0. The summed E-state index contributed by atoms with van der Waals surface area (Å²) < 4.78 is 10.8. The second-order valence-corrected chi connectivity index (χ2v) is 7.50. The van der Waals surface area contributed by atoms with Gasteiger partial charge >= 0.3 is 0 Å². The van der Waals surface area contributed by atoms with E-state index in [0.717, 1.165) is 76.8 Å². The van der Waals surface area contributed by atoms with Gasteiger partial charge in [0.2, 0.25) is 0 Å². The lowest BCUT2D eigenvalue weighted by Crippen LogP contribution is -2.35. The van der Waals surface area contributed by atoms with Gasteiger partial charge in [0.05, 0.1) is 26.4 Å². The molecule has 2 saturated heterocycles. The molecule has 0 atom stereocenters. The lowest BCUT2D eigenvalue weighted by atomic mass is 10.0. The van der Waals surface area contributed by atoms with Gasteiger partial charge in [-0.05, 0) is 11.1 Å². The van der Waals surface area contributed by atoms with Crippen molar-refractivity contribution in [3.05, 3.63) is 70.8 Å². The van der Waals surface area contributed by atoms with Crippen LogP contribution in [0.3, 0.4) is 0 Å².